The van der Waals surface area contributed by atoms with Gasteiger partial charge in [0.15, 0.2) is 11.5 Å². The number of ether oxygens (including phenoxy) is 3. The van der Waals surface area contributed by atoms with E-state index in [1.807, 2.05) is 48.5 Å². The topological polar surface area (TPSA) is 52.6 Å². The molecule has 0 saturated heterocycles. The summed E-state index contributed by atoms with van der Waals surface area (Å²) in [4.78, 5) is 4.11. The summed E-state index contributed by atoms with van der Waals surface area (Å²) >= 11 is 0. The summed E-state index contributed by atoms with van der Waals surface area (Å²) in [6.07, 6.45) is 3.56. The fourth-order valence-corrected chi connectivity index (χ4v) is 2.94. The van der Waals surface area contributed by atoms with Gasteiger partial charge in [0.2, 0.25) is 0 Å². The van der Waals surface area contributed by atoms with Crippen molar-refractivity contribution in [1.82, 2.24) is 10.3 Å². The van der Waals surface area contributed by atoms with E-state index in [0.717, 1.165) is 29.0 Å². The summed E-state index contributed by atoms with van der Waals surface area (Å²) in [5, 5.41) is 3.46. The molecule has 0 fully saturated rings. The number of hydrogen-bond acceptors (Lipinski definition) is 5. The number of hydrogen-bond donors (Lipinski definition) is 1. The van der Waals surface area contributed by atoms with Gasteiger partial charge in [0.25, 0.3) is 0 Å². The fraction of sp³-hybridized carbons (Fsp3) is 0.261. The van der Waals surface area contributed by atoms with Crippen molar-refractivity contribution in [2.75, 3.05) is 20.8 Å². The Hall–Kier alpha value is -2.89. The van der Waals surface area contributed by atoms with Crippen LogP contribution in [0.4, 0.5) is 0 Å². The number of nitrogens with zero attached hydrogens (tertiary/aromatic N) is 1. The maximum atomic E-state index is 5.96. The number of pyridine rings is 1. The van der Waals surface area contributed by atoms with E-state index in [1.54, 1.807) is 26.6 Å². The van der Waals surface area contributed by atoms with Crippen molar-refractivity contribution in [3.05, 3.63) is 89.7 Å². The summed E-state index contributed by atoms with van der Waals surface area (Å²) in [6, 6.07) is 20.1. The van der Waals surface area contributed by atoms with Crippen molar-refractivity contribution >= 4 is 0 Å². The van der Waals surface area contributed by atoms with Gasteiger partial charge in [-0.05, 0) is 29.3 Å². The molecule has 0 saturated carbocycles. The highest BCUT2D eigenvalue weighted by Gasteiger charge is 2.10. The maximum Gasteiger partial charge on any atom is 0.161 e. The van der Waals surface area contributed by atoms with Crippen molar-refractivity contribution in [2.45, 2.75) is 19.3 Å². The maximum absolute atomic E-state index is 5.96. The molecule has 1 heterocycles. The second kappa shape index (κ2) is 10.4. The molecular formula is C23H26N2O3. The van der Waals surface area contributed by atoms with E-state index in [9.17, 15) is 0 Å². The lowest BCUT2D eigenvalue weighted by atomic mass is 10.1. The summed E-state index contributed by atoms with van der Waals surface area (Å²) < 4.78 is 17.0. The van der Waals surface area contributed by atoms with Gasteiger partial charge >= 0.3 is 0 Å². The smallest absolute Gasteiger partial charge is 0.161 e. The number of aromatic nitrogens is 1. The van der Waals surface area contributed by atoms with Gasteiger partial charge < -0.3 is 19.5 Å². The van der Waals surface area contributed by atoms with Gasteiger partial charge in [-0.25, -0.2) is 0 Å². The first-order chi connectivity index (χ1) is 13.8. The molecular weight excluding hydrogens is 352 g/mol. The molecule has 0 amide bonds. The Morgan fingerprint density at radius 3 is 2.50 bits per heavy atom. The number of rotatable bonds is 10. The second-order valence-corrected chi connectivity index (χ2v) is 6.40. The zero-order valence-electron chi connectivity index (χ0n) is 16.3. The summed E-state index contributed by atoms with van der Waals surface area (Å²) in [5.74, 6) is 1.43. The van der Waals surface area contributed by atoms with Crippen LogP contribution >= 0.6 is 0 Å². The molecule has 5 heteroatoms. The van der Waals surface area contributed by atoms with E-state index in [1.165, 1.54) is 0 Å². The molecule has 1 atom stereocenters. The van der Waals surface area contributed by atoms with E-state index < -0.39 is 0 Å². The highest BCUT2D eigenvalue weighted by molar-refractivity contribution is 5.43. The number of nitrogens with one attached hydrogen (secondary N) is 1. The van der Waals surface area contributed by atoms with Crippen LogP contribution in [0.2, 0.25) is 0 Å². The van der Waals surface area contributed by atoms with Crippen molar-refractivity contribution in [3.8, 4) is 11.5 Å². The highest BCUT2D eigenvalue weighted by Crippen LogP contribution is 2.29. The Morgan fingerprint density at radius 2 is 1.79 bits per heavy atom. The molecule has 1 aromatic heterocycles. The van der Waals surface area contributed by atoms with Gasteiger partial charge in [-0.15, -0.1) is 0 Å². The predicted molar refractivity (Wildman–Crippen MR) is 109 cm³/mol. The molecule has 0 aliphatic carbocycles. The molecule has 5 nitrogen and oxygen atoms in total. The van der Waals surface area contributed by atoms with Gasteiger partial charge in [-0.3, -0.25) is 4.98 Å². The van der Waals surface area contributed by atoms with Crippen LogP contribution in [0.1, 0.15) is 22.8 Å². The lowest BCUT2D eigenvalue weighted by molar-refractivity contribution is 0.102. The van der Waals surface area contributed by atoms with Crippen molar-refractivity contribution in [2.24, 2.45) is 0 Å². The standard InChI is InChI=1S/C23H26N2O3/c1-26-21-11-10-18(13-22(21)28-17-19-7-6-12-24-15-19)14-25-16-23(27-2)20-8-4-3-5-9-20/h3-13,15,23,25H,14,16-17H2,1-2H3. The monoisotopic (exact) mass is 378 g/mol. The van der Waals surface area contributed by atoms with E-state index in [0.29, 0.717) is 18.9 Å². The molecule has 0 aliphatic rings. The van der Waals surface area contributed by atoms with Gasteiger partial charge in [0.05, 0.1) is 13.2 Å². The first-order valence-electron chi connectivity index (χ1n) is 9.27. The van der Waals surface area contributed by atoms with Gasteiger partial charge in [0.1, 0.15) is 6.61 Å². The zero-order chi connectivity index (χ0) is 19.6. The SMILES string of the molecule is COc1ccc(CNCC(OC)c2ccccc2)cc1OCc1cccnc1. The molecule has 1 unspecified atom stereocenters. The molecule has 0 spiro atoms. The first kappa shape index (κ1) is 19.9. The van der Waals surface area contributed by atoms with Crippen LogP contribution in [0.3, 0.4) is 0 Å². The van der Waals surface area contributed by atoms with Crippen LogP contribution in [0.15, 0.2) is 73.1 Å². The quantitative estimate of drug-likeness (QED) is 0.574. The second-order valence-electron chi connectivity index (χ2n) is 6.40. The lowest BCUT2D eigenvalue weighted by Crippen LogP contribution is -2.22. The van der Waals surface area contributed by atoms with Crippen LogP contribution in [0, 0.1) is 0 Å². The largest absolute Gasteiger partial charge is 0.493 e. The van der Waals surface area contributed by atoms with E-state index in [2.05, 4.69) is 22.4 Å². The van der Waals surface area contributed by atoms with Crippen LogP contribution < -0.4 is 14.8 Å². The summed E-state index contributed by atoms with van der Waals surface area (Å²) in [5.41, 5.74) is 3.29. The molecule has 3 rings (SSSR count). The lowest BCUT2D eigenvalue weighted by Gasteiger charge is -2.17. The molecule has 0 bridgehead atoms. The van der Waals surface area contributed by atoms with Crippen LogP contribution in [0.25, 0.3) is 0 Å². The Morgan fingerprint density at radius 1 is 0.929 bits per heavy atom. The summed E-state index contributed by atoms with van der Waals surface area (Å²) in [6.45, 7) is 1.87. The molecule has 146 valence electrons. The Balaban J connectivity index is 1.59. The van der Waals surface area contributed by atoms with Gasteiger partial charge in [0, 0.05) is 38.2 Å². The Kier molecular flexibility index (Phi) is 7.41. The van der Waals surface area contributed by atoms with Crippen LogP contribution in [-0.4, -0.2) is 25.7 Å². The normalized spacial score (nSPS) is 11.8. The molecule has 3 aromatic rings. The summed E-state index contributed by atoms with van der Waals surface area (Å²) in [7, 11) is 3.38. The minimum Gasteiger partial charge on any atom is -0.493 e. The third-order valence-corrected chi connectivity index (χ3v) is 4.46. The fourth-order valence-electron chi connectivity index (χ4n) is 2.94. The van der Waals surface area contributed by atoms with Crippen molar-refractivity contribution < 1.29 is 14.2 Å². The average Bonchev–Trinajstić information content (AvgIpc) is 2.76. The highest BCUT2D eigenvalue weighted by atomic mass is 16.5. The molecule has 1 N–H and O–H groups in total. The number of benzene rings is 2. The van der Waals surface area contributed by atoms with E-state index >= 15 is 0 Å². The van der Waals surface area contributed by atoms with Crippen molar-refractivity contribution in [3.63, 3.8) is 0 Å². The minimum absolute atomic E-state index is 0.0146. The Labute approximate surface area is 166 Å². The van der Waals surface area contributed by atoms with Crippen molar-refractivity contribution in [1.29, 1.82) is 0 Å². The molecule has 0 aliphatic heterocycles. The first-order valence-corrected chi connectivity index (χ1v) is 9.27. The Bertz CT molecular complexity index is 841. The van der Waals surface area contributed by atoms with Crippen LogP contribution in [-0.2, 0) is 17.9 Å². The zero-order valence-corrected chi connectivity index (χ0v) is 16.3. The third kappa shape index (κ3) is 5.55. The minimum atomic E-state index is 0.0146. The molecule has 0 radical (unpaired) electrons. The molecule has 28 heavy (non-hydrogen) atoms. The predicted octanol–water partition coefficient (Wildman–Crippen LogP) is 4.15. The van der Waals surface area contributed by atoms with E-state index in [-0.39, 0.29) is 6.10 Å². The van der Waals surface area contributed by atoms with Gasteiger partial charge in [-0.2, -0.15) is 0 Å². The third-order valence-electron chi connectivity index (χ3n) is 4.46. The van der Waals surface area contributed by atoms with Crippen LogP contribution in [0.5, 0.6) is 11.5 Å². The number of methoxy groups -OCH3 is 2. The average molecular weight is 378 g/mol. The van der Waals surface area contributed by atoms with E-state index in [4.69, 9.17) is 14.2 Å². The van der Waals surface area contributed by atoms with Gasteiger partial charge in [-0.1, -0.05) is 42.5 Å². The molecule has 2 aromatic carbocycles.